The van der Waals surface area contributed by atoms with Crippen LogP contribution in [0.3, 0.4) is 0 Å². The lowest BCUT2D eigenvalue weighted by atomic mass is 9.68. The lowest BCUT2D eigenvalue weighted by Gasteiger charge is -2.42. The van der Waals surface area contributed by atoms with E-state index >= 15 is 0 Å². The fourth-order valence-corrected chi connectivity index (χ4v) is 2.90. The molecule has 2 atom stereocenters. The van der Waals surface area contributed by atoms with Crippen molar-refractivity contribution in [2.75, 3.05) is 13.1 Å². The first-order chi connectivity index (χ1) is 6.08. The van der Waals surface area contributed by atoms with Gasteiger partial charge in [-0.2, -0.15) is 0 Å². The molecule has 0 saturated carbocycles. The summed E-state index contributed by atoms with van der Waals surface area (Å²) in [5.41, 5.74) is 0.507. The first kappa shape index (κ1) is 11.0. The smallest absolute Gasteiger partial charge is 0.000528 e. The van der Waals surface area contributed by atoms with E-state index in [4.69, 9.17) is 0 Å². The van der Waals surface area contributed by atoms with Crippen molar-refractivity contribution in [2.45, 2.75) is 47.0 Å². The minimum absolute atomic E-state index is 0.507. The van der Waals surface area contributed by atoms with Crippen molar-refractivity contribution in [3.63, 3.8) is 0 Å². The van der Waals surface area contributed by atoms with Gasteiger partial charge in [-0.05, 0) is 30.2 Å². The molecule has 0 aliphatic carbocycles. The van der Waals surface area contributed by atoms with E-state index in [1.165, 1.54) is 32.4 Å². The Labute approximate surface area is 83.3 Å². The molecule has 1 saturated heterocycles. The molecule has 0 amide bonds. The van der Waals surface area contributed by atoms with E-state index in [2.05, 4.69) is 33.0 Å². The molecule has 0 spiro atoms. The SMILES string of the molecule is CCCC(C)C1CCNCC1(C)C. The van der Waals surface area contributed by atoms with Crippen LogP contribution in [-0.4, -0.2) is 13.1 Å². The van der Waals surface area contributed by atoms with Gasteiger partial charge in [0.2, 0.25) is 0 Å². The number of nitrogens with one attached hydrogen (secondary N) is 1. The van der Waals surface area contributed by atoms with Gasteiger partial charge < -0.3 is 5.32 Å². The highest BCUT2D eigenvalue weighted by atomic mass is 14.9. The predicted molar refractivity (Wildman–Crippen MR) is 58.8 cm³/mol. The standard InChI is InChI=1S/C12H25N/c1-5-6-10(2)11-7-8-13-9-12(11,3)4/h10-11,13H,5-9H2,1-4H3. The first-order valence-electron chi connectivity index (χ1n) is 5.78. The molecule has 0 aromatic carbocycles. The highest BCUT2D eigenvalue weighted by Gasteiger charge is 2.34. The summed E-state index contributed by atoms with van der Waals surface area (Å²) < 4.78 is 0. The number of rotatable bonds is 3. The van der Waals surface area contributed by atoms with Crippen LogP contribution in [0.1, 0.15) is 47.0 Å². The summed E-state index contributed by atoms with van der Waals surface area (Å²) in [4.78, 5) is 0. The summed E-state index contributed by atoms with van der Waals surface area (Å²) in [6.07, 6.45) is 4.10. The zero-order valence-electron chi connectivity index (χ0n) is 9.69. The Morgan fingerprint density at radius 3 is 2.69 bits per heavy atom. The summed E-state index contributed by atoms with van der Waals surface area (Å²) in [6.45, 7) is 12.0. The maximum Gasteiger partial charge on any atom is 0.000528 e. The molecule has 0 aromatic rings. The molecule has 13 heavy (non-hydrogen) atoms. The quantitative estimate of drug-likeness (QED) is 0.709. The summed E-state index contributed by atoms with van der Waals surface area (Å²) in [5, 5.41) is 3.50. The number of hydrogen-bond donors (Lipinski definition) is 1. The Morgan fingerprint density at radius 1 is 1.46 bits per heavy atom. The van der Waals surface area contributed by atoms with Crippen molar-refractivity contribution in [1.82, 2.24) is 5.32 Å². The van der Waals surface area contributed by atoms with Gasteiger partial charge in [0.25, 0.3) is 0 Å². The topological polar surface area (TPSA) is 12.0 Å². The van der Waals surface area contributed by atoms with Crippen LogP contribution in [0.2, 0.25) is 0 Å². The van der Waals surface area contributed by atoms with E-state index < -0.39 is 0 Å². The van der Waals surface area contributed by atoms with Gasteiger partial charge in [0.1, 0.15) is 0 Å². The van der Waals surface area contributed by atoms with Crippen molar-refractivity contribution < 1.29 is 0 Å². The molecule has 78 valence electrons. The van der Waals surface area contributed by atoms with Crippen molar-refractivity contribution in [3.8, 4) is 0 Å². The number of piperidine rings is 1. The normalized spacial score (nSPS) is 30.0. The average Bonchev–Trinajstić information content (AvgIpc) is 2.03. The van der Waals surface area contributed by atoms with Gasteiger partial charge in [0, 0.05) is 6.54 Å². The van der Waals surface area contributed by atoms with Crippen LogP contribution in [0.25, 0.3) is 0 Å². The molecule has 1 nitrogen and oxygen atoms in total. The summed E-state index contributed by atoms with van der Waals surface area (Å²) >= 11 is 0. The van der Waals surface area contributed by atoms with Crippen LogP contribution in [0.15, 0.2) is 0 Å². The largest absolute Gasteiger partial charge is 0.316 e. The Morgan fingerprint density at radius 2 is 2.15 bits per heavy atom. The summed E-state index contributed by atoms with van der Waals surface area (Å²) in [5.74, 6) is 1.83. The van der Waals surface area contributed by atoms with Crippen LogP contribution in [0, 0.1) is 17.3 Å². The first-order valence-corrected chi connectivity index (χ1v) is 5.78. The molecule has 0 radical (unpaired) electrons. The van der Waals surface area contributed by atoms with E-state index in [1.54, 1.807) is 0 Å². The predicted octanol–water partition coefficient (Wildman–Crippen LogP) is 3.06. The van der Waals surface area contributed by atoms with E-state index in [0.29, 0.717) is 5.41 Å². The Hall–Kier alpha value is -0.0400. The second-order valence-electron chi connectivity index (χ2n) is 5.33. The summed E-state index contributed by atoms with van der Waals surface area (Å²) in [7, 11) is 0. The minimum Gasteiger partial charge on any atom is -0.316 e. The van der Waals surface area contributed by atoms with E-state index in [-0.39, 0.29) is 0 Å². The monoisotopic (exact) mass is 183 g/mol. The molecule has 0 aromatic heterocycles. The van der Waals surface area contributed by atoms with Crippen LogP contribution >= 0.6 is 0 Å². The van der Waals surface area contributed by atoms with E-state index in [0.717, 1.165) is 11.8 Å². The molecule has 1 aliphatic heterocycles. The molecule has 1 heteroatoms. The Kier molecular flexibility index (Phi) is 3.78. The van der Waals surface area contributed by atoms with Gasteiger partial charge in [-0.15, -0.1) is 0 Å². The maximum absolute atomic E-state index is 3.50. The lowest BCUT2D eigenvalue weighted by molar-refractivity contribution is 0.0987. The van der Waals surface area contributed by atoms with Crippen LogP contribution in [0.4, 0.5) is 0 Å². The van der Waals surface area contributed by atoms with Gasteiger partial charge in [-0.1, -0.05) is 40.5 Å². The van der Waals surface area contributed by atoms with Crippen molar-refractivity contribution in [1.29, 1.82) is 0 Å². The Bertz CT molecular complexity index is 151. The number of hydrogen-bond acceptors (Lipinski definition) is 1. The second-order valence-corrected chi connectivity index (χ2v) is 5.33. The third kappa shape index (κ3) is 2.70. The lowest BCUT2D eigenvalue weighted by Crippen LogP contribution is -2.45. The Balaban J connectivity index is 2.54. The molecule has 1 heterocycles. The van der Waals surface area contributed by atoms with E-state index in [1.807, 2.05) is 0 Å². The van der Waals surface area contributed by atoms with Crippen molar-refractivity contribution >= 4 is 0 Å². The minimum atomic E-state index is 0.507. The third-order valence-electron chi connectivity index (χ3n) is 3.65. The molecular formula is C12H25N. The van der Waals surface area contributed by atoms with Crippen molar-refractivity contribution in [3.05, 3.63) is 0 Å². The van der Waals surface area contributed by atoms with Crippen molar-refractivity contribution in [2.24, 2.45) is 17.3 Å². The highest BCUT2D eigenvalue weighted by Crippen LogP contribution is 2.38. The van der Waals surface area contributed by atoms with Crippen LogP contribution in [0.5, 0.6) is 0 Å². The molecule has 2 unspecified atom stereocenters. The average molecular weight is 183 g/mol. The molecular weight excluding hydrogens is 158 g/mol. The van der Waals surface area contributed by atoms with Gasteiger partial charge in [0.15, 0.2) is 0 Å². The van der Waals surface area contributed by atoms with Crippen LogP contribution < -0.4 is 5.32 Å². The molecule has 0 bridgehead atoms. The molecule has 1 rings (SSSR count). The highest BCUT2D eigenvalue weighted by molar-refractivity contribution is 4.87. The molecule has 1 aliphatic rings. The van der Waals surface area contributed by atoms with Gasteiger partial charge in [-0.25, -0.2) is 0 Å². The molecule has 1 fully saturated rings. The third-order valence-corrected chi connectivity index (χ3v) is 3.65. The van der Waals surface area contributed by atoms with Gasteiger partial charge in [0.05, 0.1) is 0 Å². The van der Waals surface area contributed by atoms with E-state index in [9.17, 15) is 0 Å². The fourth-order valence-electron chi connectivity index (χ4n) is 2.90. The fraction of sp³-hybridized carbons (Fsp3) is 1.00. The second kappa shape index (κ2) is 4.45. The summed E-state index contributed by atoms with van der Waals surface area (Å²) in [6, 6.07) is 0. The zero-order chi connectivity index (χ0) is 9.90. The zero-order valence-corrected chi connectivity index (χ0v) is 9.69. The maximum atomic E-state index is 3.50. The van der Waals surface area contributed by atoms with Crippen LogP contribution in [-0.2, 0) is 0 Å². The van der Waals surface area contributed by atoms with Gasteiger partial charge in [-0.3, -0.25) is 0 Å². The molecule has 1 N–H and O–H groups in total. The van der Waals surface area contributed by atoms with Gasteiger partial charge >= 0.3 is 0 Å².